The van der Waals surface area contributed by atoms with Crippen molar-refractivity contribution in [2.45, 2.75) is 4.90 Å². The summed E-state index contributed by atoms with van der Waals surface area (Å²) in [7, 11) is -3.84. The highest BCUT2D eigenvalue weighted by Gasteiger charge is 2.17. The Hall–Kier alpha value is -3.65. The van der Waals surface area contributed by atoms with Gasteiger partial charge in [0.2, 0.25) is 11.8 Å². The first-order chi connectivity index (χ1) is 13.6. The van der Waals surface area contributed by atoms with Gasteiger partial charge in [-0.15, -0.1) is 0 Å². The first kappa shape index (κ1) is 17.7. The third kappa shape index (κ3) is 4.02. The third-order valence-electron chi connectivity index (χ3n) is 3.76. The van der Waals surface area contributed by atoms with Gasteiger partial charge in [-0.1, -0.05) is 36.4 Å². The van der Waals surface area contributed by atoms with Gasteiger partial charge in [0.1, 0.15) is 5.75 Å². The van der Waals surface area contributed by atoms with Crippen LogP contribution in [0.15, 0.2) is 94.6 Å². The molecular formula is C20H15N3O4S. The highest BCUT2D eigenvalue weighted by molar-refractivity contribution is 7.92. The van der Waals surface area contributed by atoms with E-state index < -0.39 is 10.0 Å². The molecule has 0 atom stereocenters. The van der Waals surface area contributed by atoms with Gasteiger partial charge in [0.15, 0.2) is 0 Å². The fourth-order valence-corrected chi connectivity index (χ4v) is 3.43. The molecule has 2 aromatic heterocycles. The van der Waals surface area contributed by atoms with Gasteiger partial charge in [0.05, 0.1) is 23.1 Å². The Labute approximate surface area is 161 Å². The van der Waals surface area contributed by atoms with Gasteiger partial charge in [0.25, 0.3) is 10.0 Å². The van der Waals surface area contributed by atoms with Gasteiger partial charge in [0, 0.05) is 11.6 Å². The van der Waals surface area contributed by atoms with Crippen molar-refractivity contribution in [1.82, 2.24) is 9.97 Å². The zero-order valence-corrected chi connectivity index (χ0v) is 15.3. The van der Waals surface area contributed by atoms with Gasteiger partial charge >= 0.3 is 0 Å². The van der Waals surface area contributed by atoms with Crippen molar-refractivity contribution in [1.29, 1.82) is 0 Å². The van der Waals surface area contributed by atoms with Crippen molar-refractivity contribution < 1.29 is 17.6 Å². The van der Waals surface area contributed by atoms with Crippen LogP contribution in [0.1, 0.15) is 0 Å². The second-order valence-corrected chi connectivity index (χ2v) is 7.44. The summed E-state index contributed by atoms with van der Waals surface area (Å²) < 4.78 is 38.5. The van der Waals surface area contributed by atoms with Gasteiger partial charge in [-0.2, -0.15) is 4.98 Å². The maximum Gasteiger partial charge on any atom is 0.264 e. The molecule has 0 amide bonds. The van der Waals surface area contributed by atoms with Crippen LogP contribution in [0.5, 0.6) is 11.6 Å². The van der Waals surface area contributed by atoms with Crippen LogP contribution in [0, 0.1) is 0 Å². The molecule has 0 saturated carbocycles. The Bertz CT molecular complexity index is 1160. The zero-order valence-electron chi connectivity index (χ0n) is 14.5. The van der Waals surface area contributed by atoms with E-state index in [1.54, 1.807) is 42.5 Å². The van der Waals surface area contributed by atoms with Crippen molar-refractivity contribution in [3.8, 4) is 22.9 Å². The molecule has 4 rings (SSSR count). The molecule has 140 valence electrons. The SMILES string of the molecule is O=S(=O)(Nc1nc(Oc2ccccc2)cc(-c2ccoc2)n1)c1ccccc1. The molecule has 2 aromatic carbocycles. The van der Waals surface area contributed by atoms with E-state index in [1.165, 1.54) is 24.7 Å². The second-order valence-electron chi connectivity index (χ2n) is 5.76. The van der Waals surface area contributed by atoms with E-state index in [-0.39, 0.29) is 16.7 Å². The monoisotopic (exact) mass is 393 g/mol. The molecule has 0 spiro atoms. The number of para-hydroxylation sites is 1. The highest BCUT2D eigenvalue weighted by atomic mass is 32.2. The lowest BCUT2D eigenvalue weighted by molar-refractivity contribution is 0.463. The Kier molecular flexibility index (Phi) is 4.77. The summed E-state index contributed by atoms with van der Waals surface area (Å²) >= 11 is 0. The zero-order chi connectivity index (χ0) is 19.4. The van der Waals surface area contributed by atoms with Crippen LogP contribution < -0.4 is 9.46 Å². The number of sulfonamides is 1. The van der Waals surface area contributed by atoms with E-state index in [4.69, 9.17) is 9.15 Å². The van der Waals surface area contributed by atoms with Crippen LogP contribution in [0.2, 0.25) is 0 Å². The van der Waals surface area contributed by atoms with Crippen LogP contribution in [-0.2, 0) is 10.0 Å². The van der Waals surface area contributed by atoms with E-state index >= 15 is 0 Å². The van der Waals surface area contributed by atoms with Gasteiger partial charge in [-0.3, -0.25) is 0 Å². The van der Waals surface area contributed by atoms with Crippen molar-refractivity contribution in [2.75, 3.05) is 4.72 Å². The number of hydrogen-bond acceptors (Lipinski definition) is 6. The maximum absolute atomic E-state index is 12.6. The predicted molar refractivity (Wildman–Crippen MR) is 104 cm³/mol. The Morgan fingerprint density at radius 2 is 1.61 bits per heavy atom. The minimum absolute atomic E-state index is 0.103. The number of rotatable bonds is 6. The summed E-state index contributed by atoms with van der Waals surface area (Å²) in [5.74, 6) is 0.660. The summed E-state index contributed by atoms with van der Waals surface area (Å²) in [5, 5.41) is 0. The molecule has 0 aliphatic rings. The minimum atomic E-state index is -3.84. The lowest BCUT2D eigenvalue weighted by atomic mass is 10.2. The standard InChI is InChI=1S/C20H15N3O4S/c24-28(25,17-9-5-2-6-10-17)23-20-21-18(15-11-12-26-14-15)13-19(22-20)27-16-7-3-1-4-8-16/h1-14H,(H,21,22,23). The Balaban J connectivity index is 1.72. The molecule has 2 heterocycles. The number of anilines is 1. The van der Waals surface area contributed by atoms with Gasteiger partial charge < -0.3 is 9.15 Å². The molecule has 0 bridgehead atoms. The first-order valence-electron chi connectivity index (χ1n) is 8.33. The molecule has 7 nitrogen and oxygen atoms in total. The largest absolute Gasteiger partial charge is 0.472 e. The number of nitrogens with zero attached hydrogens (tertiary/aromatic N) is 2. The number of benzene rings is 2. The third-order valence-corrected chi connectivity index (χ3v) is 5.11. The summed E-state index contributed by atoms with van der Waals surface area (Å²) in [6.07, 6.45) is 3.01. The average molecular weight is 393 g/mol. The first-order valence-corrected chi connectivity index (χ1v) is 9.81. The van der Waals surface area contributed by atoms with Crippen molar-refractivity contribution in [3.63, 3.8) is 0 Å². The van der Waals surface area contributed by atoms with Crippen LogP contribution in [0.25, 0.3) is 11.3 Å². The Morgan fingerprint density at radius 3 is 2.29 bits per heavy atom. The van der Waals surface area contributed by atoms with E-state index in [0.29, 0.717) is 17.0 Å². The molecule has 8 heteroatoms. The van der Waals surface area contributed by atoms with Crippen molar-refractivity contribution >= 4 is 16.0 Å². The smallest absolute Gasteiger partial charge is 0.264 e. The van der Waals surface area contributed by atoms with Crippen LogP contribution in [0.3, 0.4) is 0 Å². The number of furan rings is 1. The summed E-state index contributed by atoms with van der Waals surface area (Å²) in [4.78, 5) is 8.59. The number of aromatic nitrogens is 2. The summed E-state index contributed by atoms with van der Waals surface area (Å²) in [5.41, 5.74) is 1.13. The number of ether oxygens (including phenoxy) is 1. The minimum Gasteiger partial charge on any atom is -0.472 e. The normalized spacial score (nSPS) is 11.1. The van der Waals surface area contributed by atoms with E-state index in [0.717, 1.165) is 0 Å². The fourth-order valence-electron chi connectivity index (χ4n) is 2.47. The van der Waals surface area contributed by atoms with Gasteiger partial charge in [-0.05, 0) is 30.3 Å². The quantitative estimate of drug-likeness (QED) is 0.524. The summed E-state index contributed by atoms with van der Waals surface area (Å²) in [6.45, 7) is 0. The lowest BCUT2D eigenvalue weighted by Crippen LogP contribution is -2.15. The maximum atomic E-state index is 12.6. The molecule has 1 N–H and O–H groups in total. The molecule has 0 unspecified atom stereocenters. The van der Waals surface area contributed by atoms with Crippen LogP contribution >= 0.6 is 0 Å². The highest BCUT2D eigenvalue weighted by Crippen LogP contribution is 2.27. The molecule has 0 aliphatic heterocycles. The number of hydrogen-bond donors (Lipinski definition) is 1. The predicted octanol–water partition coefficient (Wildman–Crippen LogP) is 4.33. The lowest BCUT2D eigenvalue weighted by Gasteiger charge is -2.10. The molecule has 28 heavy (non-hydrogen) atoms. The van der Waals surface area contributed by atoms with Crippen molar-refractivity contribution in [2.24, 2.45) is 0 Å². The van der Waals surface area contributed by atoms with Crippen molar-refractivity contribution in [3.05, 3.63) is 85.3 Å². The fraction of sp³-hybridized carbons (Fsp3) is 0. The molecule has 0 aliphatic carbocycles. The summed E-state index contributed by atoms with van der Waals surface area (Å²) in [6, 6.07) is 20.4. The topological polar surface area (TPSA) is 94.3 Å². The van der Waals surface area contributed by atoms with Gasteiger partial charge in [-0.25, -0.2) is 18.1 Å². The van der Waals surface area contributed by atoms with E-state index in [9.17, 15) is 8.42 Å². The van der Waals surface area contributed by atoms with Crippen LogP contribution in [0.4, 0.5) is 5.95 Å². The van der Waals surface area contributed by atoms with Crippen LogP contribution in [-0.4, -0.2) is 18.4 Å². The molecule has 0 fully saturated rings. The molecule has 4 aromatic rings. The molecule has 0 saturated heterocycles. The molecular weight excluding hydrogens is 378 g/mol. The number of nitrogens with one attached hydrogen (secondary N) is 1. The molecule has 0 radical (unpaired) electrons. The Morgan fingerprint density at radius 1 is 0.893 bits per heavy atom. The van der Waals surface area contributed by atoms with E-state index in [1.807, 2.05) is 18.2 Å². The second kappa shape index (κ2) is 7.53. The van der Waals surface area contributed by atoms with E-state index in [2.05, 4.69) is 14.7 Å². The average Bonchev–Trinajstić information content (AvgIpc) is 3.24.